The lowest BCUT2D eigenvalue weighted by Crippen LogP contribution is -2.24. The molecule has 6 heteroatoms. The van der Waals surface area contributed by atoms with E-state index in [2.05, 4.69) is 5.32 Å². The lowest BCUT2D eigenvalue weighted by atomic mass is 10.1. The van der Waals surface area contributed by atoms with Gasteiger partial charge in [-0.25, -0.2) is 4.39 Å². The average molecular weight is 323 g/mol. The second-order valence-corrected chi connectivity index (χ2v) is 5.20. The van der Waals surface area contributed by atoms with Crippen molar-refractivity contribution in [1.29, 1.82) is 0 Å². The van der Waals surface area contributed by atoms with Gasteiger partial charge in [0.2, 0.25) is 0 Å². The molecule has 0 fully saturated rings. The molecule has 0 bridgehead atoms. The molecule has 108 valence electrons. The zero-order valence-electron chi connectivity index (χ0n) is 10.9. The van der Waals surface area contributed by atoms with Gasteiger partial charge in [-0.2, -0.15) is 0 Å². The van der Waals surface area contributed by atoms with Crippen LogP contribution in [-0.4, -0.2) is 10.9 Å². The molecule has 21 heavy (non-hydrogen) atoms. The van der Waals surface area contributed by atoms with Gasteiger partial charge < -0.3 is 11.1 Å². The smallest absolute Gasteiger partial charge is 0.254 e. The number of hydrogen-bond donors (Lipinski definition) is 2. The Morgan fingerprint density at radius 2 is 2.00 bits per heavy atom. The Bertz CT molecular complexity index is 706. The Kier molecular flexibility index (Phi) is 4.88. The van der Waals surface area contributed by atoms with E-state index in [4.69, 9.17) is 29.6 Å². The van der Waals surface area contributed by atoms with E-state index >= 15 is 0 Å². The lowest BCUT2D eigenvalue weighted by molar-refractivity contribution is 0.0947. The van der Waals surface area contributed by atoms with Crippen LogP contribution >= 0.6 is 23.8 Å². The van der Waals surface area contributed by atoms with Crippen molar-refractivity contribution in [3.05, 3.63) is 70.0 Å². The topological polar surface area (TPSA) is 55.1 Å². The summed E-state index contributed by atoms with van der Waals surface area (Å²) < 4.78 is 13.7. The molecule has 0 aliphatic carbocycles. The van der Waals surface area contributed by atoms with Crippen LogP contribution in [0.25, 0.3) is 0 Å². The van der Waals surface area contributed by atoms with E-state index in [0.29, 0.717) is 5.56 Å². The summed E-state index contributed by atoms with van der Waals surface area (Å²) in [6.07, 6.45) is 0. The van der Waals surface area contributed by atoms with Gasteiger partial charge in [0.15, 0.2) is 5.82 Å². The van der Waals surface area contributed by atoms with Gasteiger partial charge in [0.05, 0.1) is 10.6 Å². The van der Waals surface area contributed by atoms with E-state index in [1.807, 2.05) is 6.07 Å². The van der Waals surface area contributed by atoms with Crippen molar-refractivity contribution in [3.63, 3.8) is 0 Å². The largest absolute Gasteiger partial charge is 0.389 e. The first kappa shape index (κ1) is 15.4. The van der Waals surface area contributed by atoms with E-state index in [-0.39, 0.29) is 22.1 Å². The van der Waals surface area contributed by atoms with Crippen LogP contribution in [0.4, 0.5) is 4.39 Å². The molecule has 3 N–H and O–H groups in total. The molecule has 0 aliphatic heterocycles. The number of rotatable bonds is 4. The van der Waals surface area contributed by atoms with Crippen LogP contribution in [0.2, 0.25) is 5.02 Å². The maximum atomic E-state index is 13.7. The van der Waals surface area contributed by atoms with Gasteiger partial charge in [-0.3, -0.25) is 4.79 Å². The molecule has 0 atom stereocenters. The van der Waals surface area contributed by atoms with E-state index in [1.165, 1.54) is 18.2 Å². The highest BCUT2D eigenvalue weighted by molar-refractivity contribution is 7.80. The molecule has 0 spiro atoms. The van der Waals surface area contributed by atoms with Gasteiger partial charge in [-0.15, -0.1) is 0 Å². The number of carbonyl (C=O) groups is 1. The summed E-state index contributed by atoms with van der Waals surface area (Å²) in [5.74, 6) is -1.26. The van der Waals surface area contributed by atoms with E-state index in [9.17, 15) is 9.18 Å². The number of nitrogens with one attached hydrogen (secondary N) is 1. The first-order chi connectivity index (χ1) is 9.99. The number of benzene rings is 2. The number of halogens is 2. The standard InChI is InChI=1S/C15H12ClFN2OS/c16-12-6-2-5-11(13(12)17)15(20)19-8-9-3-1-4-10(7-9)14(18)21/h1-7H,8H2,(H2,18,21)(H,19,20). The highest BCUT2D eigenvalue weighted by Crippen LogP contribution is 2.17. The third-order valence-corrected chi connectivity index (χ3v) is 3.39. The number of carbonyl (C=O) groups excluding carboxylic acids is 1. The van der Waals surface area contributed by atoms with Gasteiger partial charge in [0.25, 0.3) is 5.91 Å². The number of thiocarbonyl (C=S) groups is 1. The molecule has 0 aromatic heterocycles. The van der Waals surface area contributed by atoms with E-state index in [1.54, 1.807) is 18.2 Å². The summed E-state index contributed by atoms with van der Waals surface area (Å²) in [4.78, 5) is 12.2. The molecule has 0 radical (unpaired) electrons. The molecular weight excluding hydrogens is 311 g/mol. The van der Waals surface area contributed by atoms with Crippen LogP contribution in [0.5, 0.6) is 0 Å². The normalized spacial score (nSPS) is 10.2. The van der Waals surface area contributed by atoms with Crippen LogP contribution in [0.3, 0.4) is 0 Å². The number of hydrogen-bond acceptors (Lipinski definition) is 2. The second kappa shape index (κ2) is 6.65. The molecule has 0 saturated carbocycles. The van der Waals surface area contributed by atoms with Crippen LogP contribution in [-0.2, 0) is 6.54 Å². The molecular formula is C15H12ClFN2OS. The van der Waals surface area contributed by atoms with Crippen molar-refractivity contribution >= 4 is 34.7 Å². The fourth-order valence-corrected chi connectivity index (χ4v) is 2.09. The zero-order chi connectivity index (χ0) is 15.4. The maximum Gasteiger partial charge on any atom is 0.254 e. The second-order valence-electron chi connectivity index (χ2n) is 4.35. The van der Waals surface area contributed by atoms with Crippen LogP contribution in [0, 0.1) is 5.82 Å². The summed E-state index contributed by atoms with van der Waals surface area (Å²) in [6, 6.07) is 11.4. The average Bonchev–Trinajstić information content (AvgIpc) is 2.48. The Morgan fingerprint density at radius 3 is 2.71 bits per heavy atom. The summed E-state index contributed by atoms with van der Waals surface area (Å²) in [6.45, 7) is 0.237. The first-order valence-electron chi connectivity index (χ1n) is 6.10. The van der Waals surface area contributed by atoms with Crippen molar-refractivity contribution < 1.29 is 9.18 Å². The Morgan fingerprint density at radius 1 is 1.29 bits per heavy atom. The van der Waals surface area contributed by atoms with Crippen molar-refractivity contribution in [3.8, 4) is 0 Å². The van der Waals surface area contributed by atoms with Crippen molar-refractivity contribution in [2.45, 2.75) is 6.54 Å². The van der Waals surface area contributed by atoms with Gasteiger partial charge in [0, 0.05) is 12.1 Å². The van der Waals surface area contributed by atoms with Gasteiger partial charge in [-0.1, -0.05) is 48.1 Å². The molecule has 2 aromatic carbocycles. The Labute approximate surface area is 131 Å². The van der Waals surface area contributed by atoms with Crippen LogP contribution in [0.15, 0.2) is 42.5 Å². The molecule has 2 aromatic rings. The molecule has 1 amide bonds. The fraction of sp³-hybridized carbons (Fsp3) is 0.0667. The first-order valence-corrected chi connectivity index (χ1v) is 6.88. The van der Waals surface area contributed by atoms with Crippen molar-refractivity contribution in [2.24, 2.45) is 5.73 Å². The van der Waals surface area contributed by atoms with E-state index in [0.717, 1.165) is 5.56 Å². The van der Waals surface area contributed by atoms with Crippen LogP contribution < -0.4 is 11.1 Å². The lowest BCUT2D eigenvalue weighted by Gasteiger charge is -2.08. The molecule has 0 heterocycles. The molecule has 0 aliphatic rings. The quantitative estimate of drug-likeness (QED) is 0.851. The SMILES string of the molecule is NC(=S)c1cccc(CNC(=O)c2cccc(Cl)c2F)c1. The van der Waals surface area contributed by atoms with E-state index < -0.39 is 11.7 Å². The van der Waals surface area contributed by atoms with Gasteiger partial charge >= 0.3 is 0 Å². The molecule has 0 unspecified atom stereocenters. The predicted octanol–water partition coefficient (Wildman–Crippen LogP) is 3.04. The minimum atomic E-state index is -0.728. The predicted molar refractivity (Wildman–Crippen MR) is 84.9 cm³/mol. The molecule has 3 nitrogen and oxygen atoms in total. The van der Waals surface area contributed by atoms with Crippen LogP contribution in [0.1, 0.15) is 21.5 Å². The highest BCUT2D eigenvalue weighted by atomic mass is 35.5. The summed E-state index contributed by atoms with van der Waals surface area (Å²) >= 11 is 10.5. The summed E-state index contributed by atoms with van der Waals surface area (Å²) in [5.41, 5.74) is 6.99. The zero-order valence-corrected chi connectivity index (χ0v) is 12.5. The Hall–Kier alpha value is -1.98. The summed E-state index contributed by atoms with van der Waals surface area (Å²) in [5, 5.41) is 2.54. The van der Waals surface area contributed by atoms with Crippen molar-refractivity contribution in [1.82, 2.24) is 5.32 Å². The monoisotopic (exact) mass is 322 g/mol. The fourth-order valence-electron chi connectivity index (χ4n) is 1.79. The number of nitrogens with two attached hydrogens (primary N) is 1. The maximum absolute atomic E-state index is 13.7. The third kappa shape index (κ3) is 3.77. The Balaban J connectivity index is 2.09. The number of amides is 1. The van der Waals surface area contributed by atoms with Gasteiger partial charge in [0.1, 0.15) is 4.99 Å². The minimum Gasteiger partial charge on any atom is -0.389 e. The molecule has 2 rings (SSSR count). The van der Waals surface area contributed by atoms with Crippen molar-refractivity contribution in [2.75, 3.05) is 0 Å². The van der Waals surface area contributed by atoms with Gasteiger partial charge in [-0.05, 0) is 23.8 Å². The summed E-state index contributed by atoms with van der Waals surface area (Å²) in [7, 11) is 0. The minimum absolute atomic E-state index is 0.0851. The third-order valence-electron chi connectivity index (χ3n) is 2.86. The molecule has 0 saturated heterocycles. The highest BCUT2D eigenvalue weighted by Gasteiger charge is 2.13.